The number of carbonyl (C=O) groups excluding carboxylic acids is 3. The number of amides is 1. The number of rotatable bonds is 12. The van der Waals surface area contributed by atoms with Gasteiger partial charge in [0.25, 0.3) is 0 Å². The minimum atomic E-state index is -0.762. The number of alkyl carbamates (subject to hydrolysis) is 1. The van der Waals surface area contributed by atoms with Gasteiger partial charge in [0, 0.05) is 6.42 Å². The minimum absolute atomic E-state index is 0.181. The molecule has 0 aliphatic rings. The number of ether oxygens (including phenoxy) is 3. The van der Waals surface area contributed by atoms with Crippen molar-refractivity contribution in [2.24, 2.45) is 0 Å². The van der Waals surface area contributed by atoms with Crippen LogP contribution in [0.25, 0.3) is 0 Å². The first-order valence-electron chi connectivity index (χ1n) is 10.5. The fourth-order valence-electron chi connectivity index (χ4n) is 2.55. The van der Waals surface area contributed by atoms with Crippen molar-refractivity contribution >= 4 is 18.0 Å². The van der Waals surface area contributed by atoms with Crippen molar-refractivity contribution in [3.63, 3.8) is 0 Å². The van der Waals surface area contributed by atoms with Crippen molar-refractivity contribution in [2.75, 3.05) is 6.61 Å². The Morgan fingerprint density at radius 2 is 1.57 bits per heavy atom. The maximum absolute atomic E-state index is 11.9. The first kappa shape index (κ1) is 25.5. The first-order chi connectivity index (χ1) is 14.2. The normalized spacial score (nSPS) is 12.0. The topological polar surface area (TPSA) is 90.9 Å². The standard InChI is InChI=1S/C23H35NO6/c1-18(24-22(27)30-23(2,3)4)21(26)28-16-12-7-5-6-11-15-20(25)29-17-19-13-9-8-10-14-19/h8-10,13-14,18H,5-7,11-12,15-17H2,1-4H3,(H,24,27)/t18-/m0/s1. The zero-order valence-corrected chi connectivity index (χ0v) is 18.6. The van der Waals surface area contributed by atoms with E-state index in [1.54, 1.807) is 27.7 Å². The SMILES string of the molecule is C[C@H](NC(=O)OC(C)(C)C)C(=O)OCCCCCCCC(=O)OCc1ccccc1. The van der Waals surface area contributed by atoms with Crippen LogP contribution in [-0.4, -0.2) is 36.3 Å². The highest BCUT2D eigenvalue weighted by molar-refractivity contribution is 5.81. The second kappa shape index (κ2) is 13.6. The molecule has 1 rings (SSSR count). The molecule has 1 aromatic rings. The van der Waals surface area contributed by atoms with Gasteiger partial charge in [-0.3, -0.25) is 4.79 Å². The Morgan fingerprint density at radius 3 is 2.23 bits per heavy atom. The molecule has 0 aromatic heterocycles. The summed E-state index contributed by atoms with van der Waals surface area (Å²) in [4.78, 5) is 35.2. The van der Waals surface area contributed by atoms with Crippen LogP contribution in [0.3, 0.4) is 0 Å². The molecule has 0 aliphatic carbocycles. The van der Waals surface area contributed by atoms with Crippen LogP contribution in [0.1, 0.15) is 71.8 Å². The second-order valence-corrected chi connectivity index (χ2v) is 8.20. The summed E-state index contributed by atoms with van der Waals surface area (Å²) in [6.07, 6.45) is 4.07. The van der Waals surface area contributed by atoms with Crippen LogP contribution in [-0.2, 0) is 30.4 Å². The first-order valence-corrected chi connectivity index (χ1v) is 10.5. The molecule has 0 heterocycles. The summed E-state index contributed by atoms with van der Waals surface area (Å²) >= 11 is 0. The van der Waals surface area contributed by atoms with Crippen LogP contribution in [0.2, 0.25) is 0 Å². The van der Waals surface area contributed by atoms with Crippen molar-refractivity contribution in [2.45, 2.75) is 84.5 Å². The molecule has 0 spiro atoms. The lowest BCUT2D eigenvalue weighted by Gasteiger charge is -2.21. The van der Waals surface area contributed by atoms with Crippen molar-refractivity contribution in [1.82, 2.24) is 5.32 Å². The predicted octanol–water partition coefficient (Wildman–Crippen LogP) is 4.53. The maximum atomic E-state index is 11.9. The largest absolute Gasteiger partial charge is 0.464 e. The van der Waals surface area contributed by atoms with Gasteiger partial charge in [0.1, 0.15) is 18.2 Å². The highest BCUT2D eigenvalue weighted by Gasteiger charge is 2.21. The highest BCUT2D eigenvalue weighted by Crippen LogP contribution is 2.09. The Morgan fingerprint density at radius 1 is 0.933 bits per heavy atom. The number of carbonyl (C=O) groups is 3. The summed E-state index contributed by atoms with van der Waals surface area (Å²) in [5, 5.41) is 2.46. The molecule has 0 unspecified atom stereocenters. The average molecular weight is 422 g/mol. The molecular formula is C23H35NO6. The summed E-state index contributed by atoms with van der Waals surface area (Å²) in [6, 6.07) is 8.84. The van der Waals surface area contributed by atoms with Gasteiger partial charge in [-0.25, -0.2) is 9.59 Å². The fourth-order valence-corrected chi connectivity index (χ4v) is 2.55. The van der Waals surface area contributed by atoms with E-state index in [1.807, 2.05) is 30.3 Å². The smallest absolute Gasteiger partial charge is 0.408 e. The zero-order valence-electron chi connectivity index (χ0n) is 18.6. The third-order valence-corrected chi connectivity index (χ3v) is 4.10. The van der Waals surface area contributed by atoms with E-state index in [0.29, 0.717) is 19.6 Å². The molecular weight excluding hydrogens is 386 g/mol. The van der Waals surface area contributed by atoms with Crippen LogP contribution in [0, 0.1) is 0 Å². The van der Waals surface area contributed by atoms with Crippen molar-refractivity contribution < 1.29 is 28.6 Å². The highest BCUT2D eigenvalue weighted by atomic mass is 16.6. The van der Waals surface area contributed by atoms with Gasteiger partial charge < -0.3 is 19.5 Å². The summed E-state index contributed by atoms with van der Waals surface area (Å²) in [5.41, 5.74) is 0.364. The van der Waals surface area contributed by atoms with E-state index >= 15 is 0 Å². The summed E-state index contributed by atoms with van der Waals surface area (Å²) in [5.74, 6) is -0.665. The van der Waals surface area contributed by atoms with E-state index in [0.717, 1.165) is 37.7 Å². The van der Waals surface area contributed by atoms with Gasteiger partial charge in [-0.1, -0.05) is 49.6 Å². The van der Waals surface area contributed by atoms with Crippen LogP contribution < -0.4 is 5.32 Å². The van der Waals surface area contributed by atoms with Crippen molar-refractivity contribution in [3.8, 4) is 0 Å². The molecule has 7 nitrogen and oxygen atoms in total. The third kappa shape index (κ3) is 12.8. The Labute approximate surface area is 179 Å². The lowest BCUT2D eigenvalue weighted by Crippen LogP contribution is -2.42. The second-order valence-electron chi connectivity index (χ2n) is 8.20. The van der Waals surface area contributed by atoms with Gasteiger partial charge in [-0.05, 0) is 46.1 Å². The van der Waals surface area contributed by atoms with E-state index in [-0.39, 0.29) is 5.97 Å². The zero-order chi connectivity index (χ0) is 22.4. The molecule has 0 radical (unpaired) electrons. The number of nitrogens with one attached hydrogen (secondary N) is 1. The Bertz CT molecular complexity index is 653. The number of hydrogen-bond acceptors (Lipinski definition) is 6. The summed E-state index contributed by atoms with van der Waals surface area (Å²) in [7, 11) is 0. The Balaban J connectivity index is 2.00. The van der Waals surface area contributed by atoms with Gasteiger partial charge in [0.2, 0.25) is 0 Å². The summed E-state index contributed by atoms with van der Waals surface area (Å²) < 4.78 is 15.5. The van der Waals surface area contributed by atoms with E-state index in [2.05, 4.69) is 5.32 Å². The number of unbranched alkanes of at least 4 members (excludes halogenated alkanes) is 4. The molecule has 168 valence electrons. The van der Waals surface area contributed by atoms with Crippen LogP contribution in [0.4, 0.5) is 4.79 Å². The molecule has 0 saturated heterocycles. The van der Waals surface area contributed by atoms with Gasteiger partial charge in [0.15, 0.2) is 0 Å². The molecule has 1 amide bonds. The number of benzene rings is 1. The Kier molecular flexibility index (Phi) is 11.6. The monoisotopic (exact) mass is 421 g/mol. The van der Waals surface area contributed by atoms with Crippen LogP contribution >= 0.6 is 0 Å². The van der Waals surface area contributed by atoms with Gasteiger partial charge in [0.05, 0.1) is 6.61 Å². The van der Waals surface area contributed by atoms with Crippen molar-refractivity contribution in [1.29, 1.82) is 0 Å². The van der Waals surface area contributed by atoms with E-state index in [4.69, 9.17) is 14.2 Å². The molecule has 7 heteroatoms. The lowest BCUT2D eigenvalue weighted by atomic mass is 10.1. The number of hydrogen-bond donors (Lipinski definition) is 1. The molecule has 1 N–H and O–H groups in total. The van der Waals surface area contributed by atoms with E-state index in [1.165, 1.54) is 0 Å². The van der Waals surface area contributed by atoms with E-state index < -0.39 is 23.7 Å². The number of esters is 2. The lowest BCUT2D eigenvalue weighted by molar-refractivity contribution is -0.146. The molecule has 0 saturated carbocycles. The minimum Gasteiger partial charge on any atom is -0.464 e. The fraction of sp³-hybridized carbons (Fsp3) is 0.609. The molecule has 0 fully saturated rings. The van der Waals surface area contributed by atoms with E-state index in [9.17, 15) is 14.4 Å². The molecule has 0 bridgehead atoms. The molecule has 1 aromatic carbocycles. The third-order valence-electron chi connectivity index (χ3n) is 4.10. The van der Waals surface area contributed by atoms with Gasteiger partial charge in [-0.2, -0.15) is 0 Å². The van der Waals surface area contributed by atoms with Crippen LogP contribution in [0.15, 0.2) is 30.3 Å². The van der Waals surface area contributed by atoms with Crippen molar-refractivity contribution in [3.05, 3.63) is 35.9 Å². The van der Waals surface area contributed by atoms with Crippen LogP contribution in [0.5, 0.6) is 0 Å². The summed E-state index contributed by atoms with van der Waals surface area (Å²) in [6.45, 7) is 7.43. The maximum Gasteiger partial charge on any atom is 0.408 e. The Hall–Kier alpha value is -2.57. The van der Waals surface area contributed by atoms with Gasteiger partial charge in [-0.15, -0.1) is 0 Å². The molecule has 1 atom stereocenters. The quantitative estimate of drug-likeness (QED) is 0.303. The average Bonchev–Trinajstić information content (AvgIpc) is 2.67. The predicted molar refractivity (Wildman–Crippen MR) is 114 cm³/mol. The molecule has 0 aliphatic heterocycles. The van der Waals surface area contributed by atoms with Gasteiger partial charge >= 0.3 is 18.0 Å². The molecule has 30 heavy (non-hydrogen) atoms.